The molecule has 2 heteroatoms. The first-order valence-electron chi connectivity index (χ1n) is 9.71. The van der Waals surface area contributed by atoms with Gasteiger partial charge in [0.1, 0.15) is 0 Å². The Morgan fingerprint density at radius 3 is 1.52 bits per heavy atom. The smallest absolute Gasteiger partial charge is 0.223 e. The third-order valence-electron chi connectivity index (χ3n) is 4.73. The summed E-state index contributed by atoms with van der Waals surface area (Å²) in [6.45, 7) is 1.32. The van der Waals surface area contributed by atoms with E-state index < -0.39 is 0 Å². The second kappa shape index (κ2) is 10.3. The Balaban J connectivity index is 1.56. The molecule has 3 rings (SSSR count). The van der Waals surface area contributed by atoms with Crippen molar-refractivity contribution in [3.8, 4) is 0 Å². The summed E-state index contributed by atoms with van der Waals surface area (Å²) in [5, 5.41) is 0. The summed E-state index contributed by atoms with van der Waals surface area (Å²) in [6, 6.07) is 31.0. The second-order valence-electron chi connectivity index (χ2n) is 6.91. The van der Waals surface area contributed by atoms with Crippen molar-refractivity contribution >= 4 is 5.91 Å². The molecular weight excluding hydrogens is 330 g/mol. The van der Waals surface area contributed by atoms with Gasteiger partial charge in [-0.1, -0.05) is 91.0 Å². The minimum absolute atomic E-state index is 0.232. The molecule has 0 bridgehead atoms. The number of carbonyl (C=O) groups is 1. The minimum Gasteiger partial charge on any atom is -0.334 e. The molecule has 0 saturated carbocycles. The predicted octanol–water partition coefficient (Wildman–Crippen LogP) is 5.63. The number of carbonyl (C=O) groups excluding carboxylic acids is 1. The van der Waals surface area contributed by atoms with E-state index in [1.807, 2.05) is 47.4 Å². The highest BCUT2D eigenvalue weighted by atomic mass is 16.2. The van der Waals surface area contributed by atoms with Gasteiger partial charge in [0.15, 0.2) is 0 Å². The molecule has 0 atom stereocenters. The fourth-order valence-electron chi connectivity index (χ4n) is 3.25. The summed E-state index contributed by atoms with van der Waals surface area (Å²) < 4.78 is 0. The second-order valence-corrected chi connectivity index (χ2v) is 6.91. The summed E-state index contributed by atoms with van der Waals surface area (Å²) in [7, 11) is 0. The van der Waals surface area contributed by atoms with E-state index in [4.69, 9.17) is 0 Å². The molecule has 0 aliphatic heterocycles. The molecule has 138 valence electrons. The third kappa shape index (κ3) is 6.41. The van der Waals surface area contributed by atoms with Crippen LogP contribution in [0.5, 0.6) is 0 Å². The van der Waals surface area contributed by atoms with Crippen molar-refractivity contribution in [2.75, 3.05) is 0 Å². The van der Waals surface area contributed by atoms with E-state index in [2.05, 4.69) is 48.5 Å². The van der Waals surface area contributed by atoms with Crippen LogP contribution in [0.25, 0.3) is 0 Å². The maximum absolute atomic E-state index is 12.9. The number of hydrogen-bond acceptors (Lipinski definition) is 1. The number of nitrogens with zero attached hydrogens (tertiary/aromatic N) is 1. The maximum Gasteiger partial charge on any atom is 0.223 e. The van der Waals surface area contributed by atoms with Crippen LogP contribution in [-0.2, 0) is 24.3 Å². The maximum atomic E-state index is 12.9. The standard InChI is InChI=1S/C25H27NO/c27-25(19-11-10-14-22-12-4-1-5-13-22)26(20-23-15-6-2-7-16-23)21-24-17-8-3-9-18-24/h1-9,12-13,15-18H,10-11,14,19-21H2. The van der Waals surface area contributed by atoms with Gasteiger partial charge in [-0.2, -0.15) is 0 Å². The summed E-state index contributed by atoms with van der Waals surface area (Å²) in [4.78, 5) is 14.9. The van der Waals surface area contributed by atoms with Crippen LogP contribution in [0, 0.1) is 0 Å². The molecule has 0 heterocycles. The van der Waals surface area contributed by atoms with Crippen LogP contribution in [0.15, 0.2) is 91.0 Å². The van der Waals surface area contributed by atoms with Crippen molar-refractivity contribution in [2.45, 2.75) is 38.8 Å². The van der Waals surface area contributed by atoms with Crippen LogP contribution in [0.1, 0.15) is 36.0 Å². The zero-order chi connectivity index (χ0) is 18.7. The van der Waals surface area contributed by atoms with Crippen LogP contribution in [-0.4, -0.2) is 10.8 Å². The zero-order valence-electron chi connectivity index (χ0n) is 15.8. The molecule has 0 N–H and O–H groups in total. The summed E-state index contributed by atoms with van der Waals surface area (Å²) in [5.41, 5.74) is 3.69. The Labute approximate surface area is 162 Å². The molecular formula is C25H27NO. The van der Waals surface area contributed by atoms with E-state index in [0.29, 0.717) is 19.5 Å². The van der Waals surface area contributed by atoms with Crippen LogP contribution < -0.4 is 0 Å². The van der Waals surface area contributed by atoms with E-state index in [1.54, 1.807) is 0 Å². The highest BCUT2D eigenvalue weighted by molar-refractivity contribution is 5.76. The Hall–Kier alpha value is -2.87. The van der Waals surface area contributed by atoms with Gasteiger partial charge in [-0.25, -0.2) is 0 Å². The molecule has 0 fully saturated rings. The first-order chi connectivity index (χ1) is 13.3. The highest BCUT2D eigenvalue weighted by Crippen LogP contribution is 2.14. The van der Waals surface area contributed by atoms with E-state index >= 15 is 0 Å². The highest BCUT2D eigenvalue weighted by Gasteiger charge is 2.14. The molecule has 0 spiro atoms. The molecule has 0 aliphatic carbocycles. The van der Waals surface area contributed by atoms with Gasteiger partial charge in [0.05, 0.1) is 0 Å². The minimum atomic E-state index is 0.232. The molecule has 0 aliphatic rings. The lowest BCUT2D eigenvalue weighted by Crippen LogP contribution is -2.29. The van der Waals surface area contributed by atoms with Crippen molar-refractivity contribution in [2.24, 2.45) is 0 Å². The molecule has 0 unspecified atom stereocenters. The number of benzene rings is 3. The van der Waals surface area contributed by atoms with Crippen LogP contribution in [0.2, 0.25) is 0 Å². The molecule has 2 nitrogen and oxygen atoms in total. The predicted molar refractivity (Wildman–Crippen MR) is 111 cm³/mol. The van der Waals surface area contributed by atoms with E-state index in [-0.39, 0.29) is 5.91 Å². The van der Waals surface area contributed by atoms with Gasteiger partial charge in [-0.15, -0.1) is 0 Å². The lowest BCUT2D eigenvalue weighted by molar-refractivity contribution is -0.132. The van der Waals surface area contributed by atoms with Crippen LogP contribution in [0.4, 0.5) is 0 Å². The monoisotopic (exact) mass is 357 g/mol. The number of aryl methyl sites for hydroxylation is 1. The largest absolute Gasteiger partial charge is 0.334 e. The molecule has 0 aromatic heterocycles. The number of amides is 1. The van der Waals surface area contributed by atoms with Crippen molar-refractivity contribution < 1.29 is 4.79 Å². The molecule has 0 radical (unpaired) electrons. The van der Waals surface area contributed by atoms with Crippen molar-refractivity contribution in [3.05, 3.63) is 108 Å². The quantitative estimate of drug-likeness (QED) is 0.455. The van der Waals surface area contributed by atoms with Crippen LogP contribution in [0.3, 0.4) is 0 Å². The number of hydrogen-bond donors (Lipinski definition) is 0. The molecule has 3 aromatic carbocycles. The number of unbranched alkanes of at least 4 members (excludes halogenated alkanes) is 1. The van der Waals surface area contributed by atoms with E-state index in [1.165, 1.54) is 16.7 Å². The lowest BCUT2D eigenvalue weighted by atomic mass is 10.1. The van der Waals surface area contributed by atoms with Gasteiger partial charge < -0.3 is 4.90 Å². The molecule has 1 amide bonds. The van der Waals surface area contributed by atoms with Gasteiger partial charge in [0.25, 0.3) is 0 Å². The fraction of sp³-hybridized carbons (Fsp3) is 0.240. The SMILES string of the molecule is O=C(CCCCc1ccccc1)N(Cc1ccccc1)Cc1ccccc1. The first kappa shape index (κ1) is 18.9. The average molecular weight is 357 g/mol. The first-order valence-corrected chi connectivity index (χ1v) is 9.71. The Morgan fingerprint density at radius 1 is 0.593 bits per heavy atom. The average Bonchev–Trinajstić information content (AvgIpc) is 2.73. The van der Waals surface area contributed by atoms with Crippen molar-refractivity contribution in [3.63, 3.8) is 0 Å². The fourth-order valence-corrected chi connectivity index (χ4v) is 3.25. The Morgan fingerprint density at radius 2 is 1.04 bits per heavy atom. The van der Waals surface area contributed by atoms with Crippen LogP contribution >= 0.6 is 0 Å². The van der Waals surface area contributed by atoms with Gasteiger partial charge >= 0.3 is 0 Å². The van der Waals surface area contributed by atoms with Crippen molar-refractivity contribution in [1.29, 1.82) is 0 Å². The molecule has 27 heavy (non-hydrogen) atoms. The van der Waals surface area contributed by atoms with Gasteiger partial charge in [-0.05, 0) is 36.0 Å². The van der Waals surface area contributed by atoms with E-state index in [9.17, 15) is 4.79 Å². The summed E-state index contributed by atoms with van der Waals surface area (Å²) >= 11 is 0. The lowest BCUT2D eigenvalue weighted by Gasteiger charge is -2.23. The van der Waals surface area contributed by atoms with Gasteiger partial charge in [0.2, 0.25) is 5.91 Å². The molecule has 0 saturated heterocycles. The van der Waals surface area contributed by atoms with Crippen molar-refractivity contribution in [1.82, 2.24) is 4.90 Å². The van der Waals surface area contributed by atoms with Gasteiger partial charge in [-0.3, -0.25) is 4.79 Å². The number of rotatable bonds is 9. The van der Waals surface area contributed by atoms with Gasteiger partial charge in [0, 0.05) is 19.5 Å². The molecule has 3 aromatic rings. The zero-order valence-corrected chi connectivity index (χ0v) is 15.8. The normalized spacial score (nSPS) is 10.5. The Kier molecular flexibility index (Phi) is 7.23. The van der Waals surface area contributed by atoms with E-state index in [0.717, 1.165) is 19.3 Å². The summed E-state index contributed by atoms with van der Waals surface area (Å²) in [6.07, 6.45) is 3.60. The topological polar surface area (TPSA) is 20.3 Å². The summed E-state index contributed by atoms with van der Waals surface area (Å²) in [5.74, 6) is 0.232. The third-order valence-corrected chi connectivity index (χ3v) is 4.73. The Bertz CT molecular complexity index is 758.